The zero-order valence-electron chi connectivity index (χ0n) is 15.7. The van der Waals surface area contributed by atoms with Crippen LogP contribution in [0.5, 0.6) is 0 Å². The normalized spacial score (nSPS) is 12.6. The molecule has 0 unspecified atom stereocenters. The maximum Gasteiger partial charge on any atom is 0.240 e. The number of nitrogens with one attached hydrogen (secondary N) is 1. The van der Waals surface area contributed by atoms with Crippen molar-refractivity contribution < 1.29 is 8.42 Å². The first-order valence-corrected chi connectivity index (χ1v) is 9.89. The van der Waals surface area contributed by atoms with Gasteiger partial charge in [-0.1, -0.05) is 57.2 Å². The van der Waals surface area contributed by atoms with Gasteiger partial charge in [0, 0.05) is 13.1 Å². The second kappa shape index (κ2) is 7.68. The van der Waals surface area contributed by atoms with E-state index in [9.17, 15) is 8.42 Å². The number of rotatable bonds is 6. The topological polar surface area (TPSA) is 49.4 Å². The third-order valence-corrected chi connectivity index (χ3v) is 5.51. The van der Waals surface area contributed by atoms with Gasteiger partial charge >= 0.3 is 0 Å². The molecule has 0 heterocycles. The molecule has 2 aromatic carbocycles. The summed E-state index contributed by atoms with van der Waals surface area (Å²) in [5.41, 5.74) is 3.23. The van der Waals surface area contributed by atoms with Crippen LogP contribution in [0.1, 0.15) is 37.5 Å². The Kier molecular flexibility index (Phi) is 6.03. The molecule has 0 bridgehead atoms. The van der Waals surface area contributed by atoms with Crippen LogP contribution in [0.4, 0.5) is 0 Å². The molecule has 0 saturated heterocycles. The molecule has 25 heavy (non-hydrogen) atoms. The quantitative estimate of drug-likeness (QED) is 0.857. The summed E-state index contributed by atoms with van der Waals surface area (Å²) < 4.78 is 27.9. The fourth-order valence-electron chi connectivity index (χ4n) is 2.62. The van der Waals surface area contributed by atoms with E-state index in [1.807, 2.05) is 50.5 Å². The number of hydrogen-bond acceptors (Lipinski definition) is 3. The van der Waals surface area contributed by atoms with Crippen LogP contribution in [-0.4, -0.2) is 27.4 Å². The molecule has 5 heteroatoms. The van der Waals surface area contributed by atoms with Gasteiger partial charge in [0.2, 0.25) is 10.0 Å². The van der Waals surface area contributed by atoms with Crippen molar-refractivity contribution >= 4 is 10.0 Å². The minimum absolute atomic E-state index is 0.000833. The Morgan fingerprint density at radius 2 is 1.48 bits per heavy atom. The first kappa shape index (κ1) is 19.6. The van der Waals surface area contributed by atoms with Crippen LogP contribution in [0.2, 0.25) is 0 Å². The van der Waals surface area contributed by atoms with E-state index in [1.165, 1.54) is 0 Å². The molecule has 0 radical (unpaired) electrons. The van der Waals surface area contributed by atoms with Gasteiger partial charge in [0.05, 0.1) is 4.90 Å². The molecular formula is C20H28N2O2S. The van der Waals surface area contributed by atoms with Gasteiger partial charge in [-0.05, 0) is 48.3 Å². The summed E-state index contributed by atoms with van der Waals surface area (Å²) in [6.45, 7) is 7.38. The third-order valence-electron chi connectivity index (χ3n) is 4.09. The lowest BCUT2D eigenvalue weighted by atomic mass is 9.87. The predicted molar refractivity (Wildman–Crippen MR) is 103 cm³/mol. The molecule has 0 saturated carbocycles. The summed E-state index contributed by atoms with van der Waals surface area (Å²) in [5.74, 6) is 0. The van der Waals surface area contributed by atoms with E-state index >= 15 is 0 Å². The van der Waals surface area contributed by atoms with Crippen molar-refractivity contribution in [2.24, 2.45) is 0 Å². The Morgan fingerprint density at radius 3 is 2.00 bits per heavy atom. The van der Waals surface area contributed by atoms with Crippen LogP contribution in [0, 0.1) is 0 Å². The van der Waals surface area contributed by atoms with Crippen molar-refractivity contribution in [3.63, 3.8) is 0 Å². The fraction of sp³-hybridized carbons (Fsp3) is 0.400. The van der Waals surface area contributed by atoms with Gasteiger partial charge in [-0.3, -0.25) is 0 Å². The summed E-state index contributed by atoms with van der Waals surface area (Å²) in [5, 5.41) is 0. The van der Waals surface area contributed by atoms with Gasteiger partial charge < -0.3 is 4.90 Å². The van der Waals surface area contributed by atoms with Crippen LogP contribution >= 0.6 is 0 Å². The van der Waals surface area contributed by atoms with Crippen LogP contribution in [0.3, 0.4) is 0 Å². The number of hydrogen-bond donors (Lipinski definition) is 1. The SMILES string of the molecule is CN(C)Cc1ccccc1CNS(=O)(=O)c1ccc(C(C)(C)C)cc1. The average Bonchev–Trinajstić information content (AvgIpc) is 2.53. The molecule has 2 aromatic rings. The lowest BCUT2D eigenvalue weighted by Crippen LogP contribution is -2.24. The fourth-order valence-corrected chi connectivity index (χ4v) is 3.62. The summed E-state index contributed by atoms with van der Waals surface area (Å²) in [4.78, 5) is 2.36. The smallest absolute Gasteiger partial charge is 0.240 e. The van der Waals surface area contributed by atoms with Gasteiger partial charge in [0.25, 0.3) is 0 Å². The number of nitrogens with zero attached hydrogens (tertiary/aromatic N) is 1. The van der Waals surface area contributed by atoms with Crippen LogP contribution < -0.4 is 4.72 Å². The molecule has 4 nitrogen and oxygen atoms in total. The van der Waals surface area contributed by atoms with Gasteiger partial charge in [-0.25, -0.2) is 13.1 Å². The van der Waals surface area contributed by atoms with E-state index in [-0.39, 0.29) is 12.0 Å². The zero-order chi connectivity index (χ0) is 18.7. The number of benzene rings is 2. The maximum absolute atomic E-state index is 12.6. The highest BCUT2D eigenvalue weighted by molar-refractivity contribution is 7.89. The molecule has 0 aliphatic heterocycles. The minimum atomic E-state index is -3.53. The summed E-state index contributed by atoms with van der Waals surface area (Å²) >= 11 is 0. The van der Waals surface area contributed by atoms with Crippen LogP contribution in [0.25, 0.3) is 0 Å². The van der Waals surface area contributed by atoms with E-state index in [0.29, 0.717) is 4.90 Å². The second-order valence-electron chi connectivity index (χ2n) is 7.61. The first-order valence-electron chi connectivity index (χ1n) is 8.41. The van der Waals surface area contributed by atoms with Crippen molar-refractivity contribution in [3.8, 4) is 0 Å². The summed E-state index contributed by atoms with van der Waals surface area (Å²) in [7, 11) is 0.466. The van der Waals surface area contributed by atoms with Gasteiger partial charge in [-0.2, -0.15) is 0 Å². The average molecular weight is 361 g/mol. The van der Waals surface area contributed by atoms with Gasteiger partial charge in [0.15, 0.2) is 0 Å². The van der Waals surface area contributed by atoms with Crippen molar-refractivity contribution in [1.82, 2.24) is 9.62 Å². The molecule has 136 valence electrons. The molecule has 0 fully saturated rings. The second-order valence-corrected chi connectivity index (χ2v) is 9.37. The Bertz CT molecular complexity index is 804. The highest BCUT2D eigenvalue weighted by atomic mass is 32.2. The van der Waals surface area contributed by atoms with Gasteiger partial charge in [0.1, 0.15) is 0 Å². The Hall–Kier alpha value is -1.69. The molecule has 0 atom stereocenters. The molecule has 0 aromatic heterocycles. The summed E-state index contributed by atoms with van der Waals surface area (Å²) in [6.07, 6.45) is 0. The van der Waals surface area contributed by atoms with Crippen LogP contribution in [-0.2, 0) is 28.5 Å². The van der Waals surface area contributed by atoms with E-state index in [2.05, 4.69) is 30.4 Å². The van der Waals surface area contributed by atoms with Crippen molar-refractivity contribution in [1.29, 1.82) is 0 Å². The lowest BCUT2D eigenvalue weighted by molar-refractivity contribution is 0.400. The largest absolute Gasteiger partial charge is 0.305 e. The highest BCUT2D eigenvalue weighted by Crippen LogP contribution is 2.23. The van der Waals surface area contributed by atoms with Crippen LogP contribution in [0.15, 0.2) is 53.4 Å². The Balaban J connectivity index is 2.15. The van der Waals surface area contributed by atoms with E-state index < -0.39 is 10.0 Å². The first-order chi connectivity index (χ1) is 11.6. The maximum atomic E-state index is 12.6. The van der Waals surface area contributed by atoms with Crippen molar-refractivity contribution in [2.45, 2.75) is 44.2 Å². The minimum Gasteiger partial charge on any atom is -0.305 e. The molecule has 0 spiro atoms. The van der Waals surface area contributed by atoms with Gasteiger partial charge in [-0.15, -0.1) is 0 Å². The molecule has 0 aliphatic carbocycles. The van der Waals surface area contributed by atoms with E-state index in [1.54, 1.807) is 12.1 Å². The molecule has 1 N–H and O–H groups in total. The third kappa shape index (κ3) is 5.39. The monoisotopic (exact) mass is 360 g/mol. The van der Waals surface area contributed by atoms with Crippen molar-refractivity contribution in [3.05, 3.63) is 65.2 Å². The zero-order valence-corrected chi connectivity index (χ0v) is 16.5. The Labute approximate surface area is 151 Å². The molecule has 0 amide bonds. The standard InChI is InChI=1S/C20H28N2O2S/c1-20(2,3)18-10-12-19(13-11-18)25(23,24)21-14-16-8-6-7-9-17(16)15-22(4)5/h6-13,21H,14-15H2,1-5H3. The predicted octanol–water partition coefficient (Wildman–Crippen LogP) is 3.52. The summed E-state index contributed by atoms with van der Waals surface area (Å²) in [6, 6.07) is 15.0. The molecule has 2 rings (SSSR count). The molecular weight excluding hydrogens is 332 g/mol. The number of sulfonamides is 1. The van der Waals surface area contributed by atoms with Crippen molar-refractivity contribution in [2.75, 3.05) is 14.1 Å². The molecule has 0 aliphatic rings. The lowest BCUT2D eigenvalue weighted by Gasteiger charge is -2.19. The Morgan fingerprint density at radius 1 is 0.920 bits per heavy atom. The van der Waals surface area contributed by atoms with E-state index in [0.717, 1.165) is 23.2 Å². The van der Waals surface area contributed by atoms with E-state index in [4.69, 9.17) is 0 Å². The highest BCUT2D eigenvalue weighted by Gasteiger charge is 2.17.